The molecular formula is C21H23N3O4S. The average molecular weight is 413 g/mol. The number of ether oxygens (including phenoxy) is 2. The van der Waals surface area contributed by atoms with E-state index in [1.54, 1.807) is 26.4 Å². The summed E-state index contributed by atoms with van der Waals surface area (Å²) in [4.78, 5) is 12.1. The van der Waals surface area contributed by atoms with E-state index in [4.69, 9.17) is 13.9 Å². The van der Waals surface area contributed by atoms with Crippen LogP contribution in [0.25, 0.3) is 0 Å². The number of methoxy groups -OCH3 is 2. The predicted octanol–water partition coefficient (Wildman–Crippen LogP) is 3.99. The number of nitrogens with one attached hydrogen (secondary N) is 1. The Balaban J connectivity index is 1.40. The van der Waals surface area contributed by atoms with Gasteiger partial charge in [-0.15, -0.1) is 10.2 Å². The minimum absolute atomic E-state index is 0.150. The highest BCUT2D eigenvalue weighted by Gasteiger charge is 2.10. The molecule has 1 N–H and O–H groups in total. The smallest absolute Gasteiger partial charge is 0.277 e. The fourth-order valence-electron chi connectivity index (χ4n) is 2.66. The maximum Gasteiger partial charge on any atom is 0.277 e. The molecule has 0 fully saturated rings. The lowest BCUT2D eigenvalue weighted by molar-refractivity contribution is -0.113. The highest BCUT2D eigenvalue weighted by Crippen LogP contribution is 2.20. The molecule has 2 aromatic carbocycles. The third-order valence-corrected chi connectivity index (χ3v) is 4.96. The number of amides is 1. The topological polar surface area (TPSA) is 86.5 Å². The molecule has 1 amide bonds. The summed E-state index contributed by atoms with van der Waals surface area (Å²) >= 11 is 1.22. The molecule has 1 heterocycles. The van der Waals surface area contributed by atoms with Crippen molar-refractivity contribution in [2.75, 3.05) is 25.3 Å². The molecule has 0 saturated heterocycles. The molecule has 1 aromatic heterocycles. The molecule has 0 atom stereocenters. The SMILES string of the molecule is COc1ccc(CCCc2nnc(SCC(=O)Nc3cccc(OC)c3)o2)cc1. The van der Waals surface area contributed by atoms with Crippen LogP contribution < -0.4 is 14.8 Å². The number of aryl methyl sites for hydroxylation is 2. The highest BCUT2D eigenvalue weighted by molar-refractivity contribution is 7.99. The maximum atomic E-state index is 12.1. The van der Waals surface area contributed by atoms with Crippen LogP contribution in [-0.4, -0.2) is 36.1 Å². The normalized spacial score (nSPS) is 10.6. The van der Waals surface area contributed by atoms with E-state index in [9.17, 15) is 4.79 Å². The lowest BCUT2D eigenvalue weighted by Gasteiger charge is -2.05. The Bertz CT molecular complexity index is 928. The Labute approximate surface area is 173 Å². The average Bonchev–Trinajstić information content (AvgIpc) is 3.20. The molecule has 29 heavy (non-hydrogen) atoms. The monoisotopic (exact) mass is 413 g/mol. The Kier molecular flexibility index (Phi) is 7.52. The summed E-state index contributed by atoms with van der Waals surface area (Å²) < 4.78 is 15.9. The van der Waals surface area contributed by atoms with Crippen LogP contribution in [0.2, 0.25) is 0 Å². The third kappa shape index (κ3) is 6.53. The van der Waals surface area contributed by atoms with Crippen molar-refractivity contribution in [3.8, 4) is 11.5 Å². The number of thioether (sulfide) groups is 1. The molecule has 0 aliphatic rings. The second-order valence-corrected chi connectivity index (χ2v) is 7.16. The van der Waals surface area contributed by atoms with Gasteiger partial charge in [-0.1, -0.05) is 30.0 Å². The van der Waals surface area contributed by atoms with Crippen LogP contribution in [0.3, 0.4) is 0 Å². The summed E-state index contributed by atoms with van der Waals surface area (Å²) in [5, 5.41) is 11.3. The van der Waals surface area contributed by atoms with Gasteiger partial charge in [0, 0.05) is 18.2 Å². The van der Waals surface area contributed by atoms with Crippen molar-refractivity contribution in [2.24, 2.45) is 0 Å². The van der Waals surface area contributed by atoms with Crippen LogP contribution in [0.4, 0.5) is 5.69 Å². The van der Waals surface area contributed by atoms with Gasteiger partial charge in [-0.05, 0) is 42.7 Å². The van der Waals surface area contributed by atoms with Crippen LogP contribution in [0.1, 0.15) is 17.9 Å². The van der Waals surface area contributed by atoms with Gasteiger partial charge in [-0.25, -0.2) is 0 Å². The molecule has 0 radical (unpaired) electrons. The standard InChI is InChI=1S/C21H23N3O4S/c1-26-17-11-9-15(10-12-17)5-3-8-20-23-24-21(28-20)29-14-19(25)22-16-6-4-7-18(13-16)27-2/h4,6-7,9-13H,3,5,8,14H2,1-2H3,(H,22,25). The zero-order valence-corrected chi connectivity index (χ0v) is 17.2. The highest BCUT2D eigenvalue weighted by atomic mass is 32.2. The van der Waals surface area contributed by atoms with Gasteiger partial charge in [0.2, 0.25) is 11.8 Å². The fraction of sp³-hybridized carbons (Fsp3) is 0.286. The van der Waals surface area contributed by atoms with E-state index in [0.29, 0.717) is 29.0 Å². The van der Waals surface area contributed by atoms with E-state index in [0.717, 1.165) is 18.6 Å². The molecular weight excluding hydrogens is 390 g/mol. The first-order chi connectivity index (χ1) is 14.2. The zero-order valence-electron chi connectivity index (χ0n) is 16.4. The largest absolute Gasteiger partial charge is 0.497 e. The minimum atomic E-state index is -0.150. The van der Waals surface area contributed by atoms with Crippen molar-refractivity contribution in [1.82, 2.24) is 10.2 Å². The molecule has 0 saturated carbocycles. The van der Waals surface area contributed by atoms with Gasteiger partial charge in [-0.2, -0.15) is 0 Å². The first-order valence-corrected chi connectivity index (χ1v) is 10.2. The van der Waals surface area contributed by atoms with E-state index in [-0.39, 0.29) is 11.7 Å². The molecule has 0 unspecified atom stereocenters. The Morgan fingerprint density at radius 3 is 2.59 bits per heavy atom. The van der Waals surface area contributed by atoms with Crippen molar-refractivity contribution >= 4 is 23.4 Å². The number of carbonyl (C=O) groups is 1. The van der Waals surface area contributed by atoms with E-state index < -0.39 is 0 Å². The van der Waals surface area contributed by atoms with Gasteiger partial charge in [0.15, 0.2) is 0 Å². The van der Waals surface area contributed by atoms with Crippen LogP contribution in [-0.2, 0) is 17.6 Å². The molecule has 3 rings (SSSR count). The number of rotatable bonds is 10. The molecule has 152 valence electrons. The predicted molar refractivity (Wildman–Crippen MR) is 112 cm³/mol. The second kappa shape index (κ2) is 10.5. The van der Waals surface area contributed by atoms with E-state index in [1.165, 1.54) is 17.3 Å². The van der Waals surface area contributed by atoms with Gasteiger partial charge in [0.25, 0.3) is 5.22 Å². The number of aromatic nitrogens is 2. The van der Waals surface area contributed by atoms with Crippen molar-refractivity contribution in [3.63, 3.8) is 0 Å². The minimum Gasteiger partial charge on any atom is -0.497 e. The van der Waals surface area contributed by atoms with E-state index >= 15 is 0 Å². The van der Waals surface area contributed by atoms with Crippen molar-refractivity contribution in [3.05, 3.63) is 60.0 Å². The van der Waals surface area contributed by atoms with Crippen LogP contribution in [0.15, 0.2) is 58.2 Å². The first kappa shape index (κ1) is 20.7. The fourth-order valence-corrected chi connectivity index (χ4v) is 3.24. The molecule has 7 nitrogen and oxygen atoms in total. The quantitative estimate of drug-likeness (QED) is 0.503. The van der Waals surface area contributed by atoms with Gasteiger partial charge in [0.05, 0.1) is 20.0 Å². The van der Waals surface area contributed by atoms with Gasteiger partial charge in [0.1, 0.15) is 11.5 Å². The Morgan fingerprint density at radius 1 is 1.03 bits per heavy atom. The number of hydrogen-bond donors (Lipinski definition) is 1. The van der Waals surface area contributed by atoms with Crippen molar-refractivity contribution in [1.29, 1.82) is 0 Å². The summed E-state index contributed by atoms with van der Waals surface area (Å²) in [5.74, 6) is 2.15. The summed E-state index contributed by atoms with van der Waals surface area (Å²) in [7, 11) is 3.24. The number of nitrogens with zero attached hydrogens (tertiary/aromatic N) is 2. The van der Waals surface area contributed by atoms with E-state index in [2.05, 4.69) is 27.6 Å². The first-order valence-electron chi connectivity index (χ1n) is 9.18. The molecule has 3 aromatic rings. The number of benzene rings is 2. The molecule has 8 heteroatoms. The van der Waals surface area contributed by atoms with Gasteiger partial charge < -0.3 is 19.2 Å². The summed E-state index contributed by atoms with van der Waals surface area (Å²) in [6, 6.07) is 15.2. The number of carbonyl (C=O) groups excluding carboxylic acids is 1. The van der Waals surface area contributed by atoms with Crippen LogP contribution in [0.5, 0.6) is 11.5 Å². The van der Waals surface area contributed by atoms with Gasteiger partial charge in [-0.3, -0.25) is 4.79 Å². The summed E-state index contributed by atoms with van der Waals surface area (Å²) in [6.45, 7) is 0. The summed E-state index contributed by atoms with van der Waals surface area (Å²) in [6.07, 6.45) is 2.50. The second-order valence-electron chi connectivity index (χ2n) is 6.23. The third-order valence-electron chi connectivity index (χ3n) is 4.14. The molecule has 0 bridgehead atoms. The molecule has 0 aliphatic carbocycles. The van der Waals surface area contributed by atoms with Gasteiger partial charge >= 0.3 is 0 Å². The summed E-state index contributed by atoms with van der Waals surface area (Å²) in [5.41, 5.74) is 1.91. The number of hydrogen-bond acceptors (Lipinski definition) is 7. The Morgan fingerprint density at radius 2 is 1.83 bits per heavy atom. The molecule has 0 spiro atoms. The van der Waals surface area contributed by atoms with Crippen molar-refractivity contribution < 1.29 is 18.7 Å². The van der Waals surface area contributed by atoms with E-state index in [1.807, 2.05) is 24.3 Å². The number of anilines is 1. The molecule has 0 aliphatic heterocycles. The van der Waals surface area contributed by atoms with Crippen LogP contribution in [0, 0.1) is 0 Å². The van der Waals surface area contributed by atoms with Crippen molar-refractivity contribution in [2.45, 2.75) is 24.5 Å². The zero-order chi connectivity index (χ0) is 20.5. The van der Waals surface area contributed by atoms with Crippen LogP contribution >= 0.6 is 11.8 Å². The lowest BCUT2D eigenvalue weighted by atomic mass is 10.1. The lowest BCUT2D eigenvalue weighted by Crippen LogP contribution is -2.13. The maximum absolute atomic E-state index is 12.1. The Hall–Kier alpha value is -3.00.